The fourth-order valence-corrected chi connectivity index (χ4v) is 6.13. The van der Waals surface area contributed by atoms with Crippen molar-refractivity contribution in [3.8, 4) is 11.3 Å². The van der Waals surface area contributed by atoms with Crippen molar-refractivity contribution in [3.63, 3.8) is 0 Å². The van der Waals surface area contributed by atoms with E-state index < -0.39 is 0 Å². The van der Waals surface area contributed by atoms with E-state index in [9.17, 15) is 4.79 Å². The van der Waals surface area contributed by atoms with E-state index in [1.807, 2.05) is 6.26 Å². The van der Waals surface area contributed by atoms with Crippen LogP contribution in [0.4, 0.5) is 0 Å². The minimum Gasteiger partial charge on any atom is -0.319 e. The van der Waals surface area contributed by atoms with Crippen molar-refractivity contribution in [2.45, 2.75) is 62.1 Å². The Hall–Kier alpha value is -2.33. The van der Waals surface area contributed by atoms with Crippen molar-refractivity contribution >= 4 is 11.8 Å². The smallest absolute Gasteiger partial charge is 0.278 e. The molecule has 0 saturated heterocycles. The van der Waals surface area contributed by atoms with Crippen molar-refractivity contribution in [2.24, 2.45) is 0 Å². The van der Waals surface area contributed by atoms with Gasteiger partial charge in [0.25, 0.3) is 5.56 Å². The summed E-state index contributed by atoms with van der Waals surface area (Å²) in [6.07, 6.45) is 9.82. The monoisotopic (exact) mass is 416 g/mol. The molecule has 154 valence electrons. The van der Waals surface area contributed by atoms with Gasteiger partial charge in [-0.15, -0.1) is 0 Å². The molecule has 3 aromatic rings. The lowest BCUT2D eigenvalue weighted by atomic mass is 9.62. The number of hydrogen-bond donors (Lipinski definition) is 0. The number of rotatable bonds is 4. The van der Waals surface area contributed by atoms with Gasteiger partial charge in [0.05, 0.1) is 11.3 Å². The summed E-state index contributed by atoms with van der Waals surface area (Å²) >= 11 is 1.58. The zero-order valence-electron chi connectivity index (χ0n) is 17.6. The lowest BCUT2D eigenvalue weighted by Crippen LogP contribution is -2.42. The molecule has 4 heteroatoms. The Balaban J connectivity index is 1.72. The molecule has 1 spiro atoms. The summed E-state index contributed by atoms with van der Waals surface area (Å²) in [5.74, 6) is 0. The fraction of sp³-hybridized carbons (Fsp3) is 0.385. The van der Waals surface area contributed by atoms with Crippen LogP contribution < -0.4 is 5.56 Å². The van der Waals surface area contributed by atoms with Crippen molar-refractivity contribution < 1.29 is 0 Å². The van der Waals surface area contributed by atoms with E-state index in [2.05, 4.69) is 64.1 Å². The van der Waals surface area contributed by atoms with Crippen LogP contribution in [0.5, 0.6) is 0 Å². The van der Waals surface area contributed by atoms with Gasteiger partial charge in [0.1, 0.15) is 0 Å². The molecular formula is C26H28N2OS. The van der Waals surface area contributed by atoms with Crippen molar-refractivity contribution in [1.29, 1.82) is 0 Å². The average Bonchev–Trinajstić information content (AvgIpc) is 2.79. The number of benzene rings is 2. The molecule has 30 heavy (non-hydrogen) atoms. The maximum Gasteiger partial charge on any atom is 0.278 e. The first-order valence-corrected chi connectivity index (χ1v) is 12.3. The van der Waals surface area contributed by atoms with Gasteiger partial charge in [-0.3, -0.25) is 4.79 Å². The van der Waals surface area contributed by atoms with Gasteiger partial charge < -0.3 is 4.57 Å². The van der Waals surface area contributed by atoms with Gasteiger partial charge in [0.15, 0.2) is 5.16 Å². The maximum absolute atomic E-state index is 13.4. The standard InChI is InChI=1S/C26H28N2OS/c1-30-25-27-24(29)22-23(28(25)17-14-19-10-4-2-5-11-19)21-13-7-6-12-20(21)18-26(22)15-8-3-9-16-26/h2,4-7,10-13H,3,8-9,14-18H2,1H3. The average molecular weight is 417 g/mol. The second-order valence-electron chi connectivity index (χ2n) is 8.69. The minimum atomic E-state index is -0.0442. The molecule has 0 aliphatic heterocycles. The van der Waals surface area contributed by atoms with Crippen LogP contribution in [-0.4, -0.2) is 15.8 Å². The first-order chi connectivity index (χ1) is 14.7. The Kier molecular flexibility index (Phi) is 5.28. The first-order valence-electron chi connectivity index (χ1n) is 11.0. The Morgan fingerprint density at radius 1 is 1.00 bits per heavy atom. The lowest BCUT2D eigenvalue weighted by molar-refractivity contribution is 0.282. The summed E-state index contributed by atoms with van der Waals surface area (Å²) in [5, 5.41) is 0.831. The number of aryl methyl sites for hydroxylation is 1. The van der Waals surface area contributed by atoms with E-state index in [1.54, 1.807) is 11.8 Å². The third-order valence-electron chi connectivity index (χ3n) is 6.94. The van der Waals surface area contributed by atoms with Crippen LogP contribution in [-0.2, 0) is 24.8 Å². The van der Waals surface area contributed by atoms with Crippen LogP contribution >= 0.6 is 11.8 Å². The fourth-order valence-electron chi connectivity index (χ4n) is 5.56. The molecule has 1 aromatic heterocycles. The molecule has 0 radical (unpaired) electrons. The first kappa shape index (κ1) is 19.6. The van der Waals surface area contributed by atoms with E-state index in [0.717, 1.165) is 48.6 Å². The molecule has 1 saturated carbocycles. The van der Waals surface area contributed by atoms with E-state index in [0.29, 0.717) is 0 Å². The van der Waals surface area contributed by atoms with E-state index in [1.165, 1.54) is 36.0 Å². The zero-order valence-corrected chi connectivity index (χ0v) is 18.4. The molecule has 0 amide bonds. The van der Waals surface area contributed by atoms with Crippen LogP contribution in [0.2, 0.25) is 0 Å². The molecule has 3 nitrogen and oxygen atoms in total. The van der Waals surface area contributed by atoms with Crippen LogP contribution in [0.15, 0.2) is 64.5 Å². The largest absolute Gasteiger partial charge is 0.319 e. The van der Waals surface area contributed by atoms with Crippen LogP contribution in [0.25, 0.3) is 11.3 Å². The molecule has 0 unspecified atom stereocenters. The second kappa shape index (κ2) is 8.07. The van der Waals surface area contributed by atoms with Gasteiger partial charge in [0, 0.05) is 17.5 Å². The van der Waals surface area contributed by atoms with Crippen molar-refractivity contribution in [3.05, 3.63) is 81.6 Å². The number of fused-ring (bicyclic) bond motifs is 4. The lowest BCUT2D eigenvalue weighted by Gasteiger charge is -2.43. The van der Waals surface area contributed by atoms with Gasteiger partial charge >= 0.3 is 0 Å². The van der Waals surface area contributed by atoms with Gasteiger partial charge in [-0.2, -0.15) is 4.98 Å². The number of hydrogen-bond acceptors (Lipinski definition) is 3. The highest BCUT2D eigenvalue weighted by molar-refractivity contribution is 7.98. The maximum atomic E-state index is 13.4. The second-order valence-corrected chi connectivity index (χ2v) is 9.46. The predicted molar refractivity (Wildman–Crippen MR) is 124 cm³/mol. The van der Waals surface area contributed by atoms with E-state index in [4.69, 9.17) is 0 Å². The Morgan fingerprint density at radius 3 is 2.50 bits per heavy atom. The normalized spacial score (nSPS) is 16.8. The summed E-state index contributed by atoms with van der Waals surface area (Å²) in [6.45, 7) is 0.834. The van der Waals surface area contributed by atoms with Gasteiger partial charge in [-0.1, -0.05) is 85.6 Å². The van der Waals surface area contributed by atoms with Gasteiger partial charge in [0.2, 0.25) is 0 Å². The summed E-state index contributed by atoms with van der Waals surface area (Å²) in [7, 11) is 0. The third-order valence-corrected chi connectivity index (χ3v) is 7.62. The summed E-state index contributed by atoms with van der Waals surface area (Å²) in [4.78, 5) is 18.0. The van der Waals surface area contributed by atoms with Crippen molar-refractivity contribution in [2.75, 3.05) is 6.26 Å². The molecule has 0 N–H and O–H groups in total. The SMILES string of the molecule is CSc1nc(=O)c2c(n1CCc1ccccc1)-c1ccccc1CC21CCCCC1. The molecule has 1 fully saturated rings. The topological polar surface area (TPSA) is 34.9 Å². The third kappa shape index (κ3) is 3.31. The summed E-state index contributed by atoms with van der Waals surface area (Å²) < 4.78 is 2.34. The predicted octanol–water partition coefficient (Wildman–Crippen LogP) is 5.63. The Morgan fingerprint density at radius 2 is 1.73 bits per heavy atom. The van der Waals surface area contributed by atoms with Gasteiger partial charge in [-0.05, 0) is 43.1 Å². The molecule has 2 aliphatic carbocycles. The van der Waals surface area contributed by atoms with Crippen LogP contribution in [0, 0.1) is 0 Å². The molecule has 1 heterocycles. The van der Waals surface area contributed by atoms with E-state index >= 15 is 0 Å². The summed E-state index contributed by atoms with van der Waals surface area (Å²) in [5.41, 5.74) is 6.02. The molecular weight excluding hydrogens is 388 g/mol. The molecule has 5 rings (SSSR count). The van der Waals surface area contributed by atoms with Gasteiger partial charge in [-0.25, -0.2) is 0 Å². The number of thioether (sulfide) groups is 1. The highest BCUT2D eigenvalue weighted by Crippen LogP contribution is 2.49. The Labute approximate surface area is 182 Å². The van der Waals surface area contributed by atoms with E-state index in [-0.39, 0.29) is 11.0 Å². The molecule has 0 atom stereocenters. The number of nitrogens with zero attached hydrogens (tertiary/aromatic N) is 2. The highest BCUT2D eigenvalue weighted by Gasteiger charge is 2.43. The quantitative estimate of drug-likeness (QED) is 0.408. The molecule has 2 aliphatic rings. The summed E-state index contributed by atoms with van der Waals surface area (Å²) in [6, 6.07) is 19.3. The highest BCUT2D eigenvalue weighted by atomic mass is 32.2. The minimum absolute atomic E-state index is 0.00159. The van der Waals surface area contributed by atoms with Crippen molar-refractivity contribution in [1.82, 2.24) is 9.55 Å². The molecule has 0 bridgehead atoms. The Bertz CT molecular complexity index is 1110. The van der Waals surface area contributed by atoms with Crippen LogP contribution in [0.3, 0.4) is 0 Å². The zero-order chi connectivity index (χ0) is 20.6. The molecule has 2 aromatic carbocycles. The number of aromatic nitrogens is 2. The van der Waals surface area contributed by atoms with Crippen LogP contribution in [0.1, 0.15) is 48.8 Å².